The lowest BCUT2D eigenvalue weighted by Gasteiger charge is -2.32. The molecule has 0 aliphatic carbocycles. The number of nitrogens with one attached hydrogen (secondary N) is 1. The number of amides is 1. The molecule has 0 bridgehead atoms. The van der Waals surface area contributed by atoms with E-state index in [2.05, 4.69) is 57.1 Å². The van der Waals surface area contributed by atoms with E-state index in [1.165, 1.54) is 9.13 Å². The monoisotopic (exact) mass is 387 g/mol. The van der Waals surface area contributed by atoms with E-state index in [0.717, 1.165) is 32.5 Å². The number of piperidine rings is 1. The number of hydrogen-bond donors (Lipinski definition) is 2. The number of nitrogens with two attached hydrogens (primary N) is 1. The van der Waals surface area contributed by atoms with Crippen molar-refractivity contribution in [1.29, 1.82) is 0 Å². The van der Waals surface area contributed by atoms with Gasteiger partial charge in [-0.1, -0.05) is 12.1 Å². The summed E-state index contributed by atoms with van der Waals surface area (Å²) >= 11 is 2.32. The molecule has 5 heteroatoms. The van der Waals surface area contributed by atoms with Crippen molar-refractivity contribution in [3.05, 3.63) is 33.4 Å². The summed E-state index contributed by atoms with van der Waals surface area (Å²) in [4.78, 5) is 14.4. The fourth-order valence-corrected chi connectivity index (χ4v) is 2.96. The van der Waals surface area contributed by atoms with Crippen LogP contribution in [0.4, 0.5) is 0 Å². The smallest absolute Gasteiger partial charge is 0.224 e. The third-order valence-corrected chi connectivity index (χ3v) is 4.36. The molecule has 4 nitrogen and oxygen atoms in total. The van der Waals surface area contributed by atoms with Crippen LogP contribution >= 0.6 is 22.6 Å². The number of benzene rings is 1. The third kappa shape index (κ3) is 4.71. The summed E-state index contributed by atoms with van der Waals surface area (Å²) in [5, 5.41) is 2.90. The summed E-state index contributed by atoms with van der Waals surface area (Å²) in [5.74, 6) is 0.266. The minimum atomic E-state index is 0.110. The molecule has 0 radical (unpaired) electrons. The highest BCUT2D eigenvalue weighted by Crippen LogP contribution is 2.19. The van der Waals surface area contributed by atoms with Crippen LogP contribution in [0.3, 0.4) is 0 Å². The topological polar surface area (TPSA) is 58.4 Å². The largest absolute Gasteiger partial charge is 0.355 e. The lowest BCUT2D eigenvalue weighted by Crippen LogP contribution is -2.43. The van der Waals surface area contributed by atoms with Gasteiger partial charge in [-0.25, -0.2) is 0 Å². The van der Waals surface area contributed by atoms with Crippen molar-refractivity contribution in [3.63, 3.8) is 0 Å². The molecule has 0 saturated carbocycles. The molecule has 1 fully saturated rings. The van der Waals surface area contributed by atoms with E-state index in [1.807, 2.05) is 0 Å². The minimum absolute atomic E-state index is 0.110. The fourth-order valence-electron chi connectivity index (χ4n) is 2.60. The van der Waals surface area contributed by atoms with Gasteiger partial charge in [0, 0.05) is 29.7 Å². The lowest BCUT2D eigenvalue weighted by molar-refractivity contribution is -0.126. The molecule has 20 heavy (non-hydrogen) atoms. The number of carbonyl (C=O) groups excluding carboxylic acids is 1. The highest BCUT2D eigenvalue weighted by Gasteiger charge is 2.25. The Morgan fingerprint density at radius 3 is 2.85 bits per heavy atom. The normalized spacial score (nSPS) is 19.8. The molecule has 1 amide bonds. The van der Waals surface area contributed by atoms with Crippen molar-refractivity contribution in [3.8, 4) is 0 Å². The van der Waals surface area contributed by atoms with Crippen LogP contribution < -0.4 is 11.1 Å². The number of likely N-dealkylation sites (tertiary alicyclic amines) is 1. The first-order valence-corrected chi connectivity index (χ1v) is 8.21. The summed E-state index contributed by atoms with van der Waals surface area (Å²) in [6.07, 6.45) is 2.07. The van der Waals surface area contributed by atoms with Crippen molar-refractivity contribution in [2.45, 2.75) is 19.4 Å². The standard InChI is InChI=1S/C15H22IN3O/c16-14-5-3-12(4-6-14)10-19-9-1-2-13(11-19)15(20)18-8-7-17/h3-6,13H,1-2,7-11,17H2,(H,18,20). The second kappa shape index (κ2) is 7.95. The molecule has 1 atom stereocenters. The molecule has 1 aliphatic rings. The van der Waals surface area contributed by atoms with Gasteiger partial charge in [0.2, 0.25) is 5.91 Å². The van der Waals surface area contributed by atoms with Gasteiger partial charge in [-0.2, -0.15) is 0 Å². The van der Waals surface area contributed by atoms with Gasteiger partial charge < -0.3 is 11.1 Å². The maximum absolute atomic E-state index is 12.0. The molecule has 1 aromatic carbocycles. The average Bonchev–Trinajstić information content (AvgIpc) is 2.47. The minimum Gasteiger partial charge on any atom is -0.355 e. The van der Waals surface area contributed by atoms with Crippen molar-refractivity contribution in [2.24, 2.45) is 11.7 Å². The maximum Gasteiger partial charge on any atom is 0.224 e. The second-order valence-corrected chi connectivity index (χ2v) is 6.53. The first kappa shape index (κ1) is 15.7. The number of rotatable bonds is 5. The Hall–Kier alpha value is -0.660. The van der Waals surface area contributed by atoms with E-state index in [-0.39, 0.29) is 11.8 Å². The summed E-state index contributed by atoms with van der Waals surface area (Å²) in [7, 11) is 0. The predicted molar refractivity (Wildman–Crippen MR) is 89.2 cm³/mol. The summed E-state index contributed by atoms with van der Waals surface area (Å²) in [6, 6.07) is 8.59. The molecule has 1 unspecified atom stereocenters. The molecule has 2 rings (SSSR count). The van der Waals surface area contributed by atoms with Gasteiger partial charge in [0.1, 0.15) is 0 Å². The number of nitrogens with zero attached hydrogens (tertiary/aromatic N) is 1. The first-order chi connectivity index (χ1) is 9.69. The van der Waals surface area contributed by atoms with Gasteiger partial charge in [0.05, 0.1) is 5.92 Å². The number of halogens is 1. The van der Waals surface area contributed by atoms with Gasteiger partial charge in [-0.05, 0) is 59.7 Å². The molecule has 3 N–H and O–H groups in total. The van der Waals surface area contributed by atoms with E-state index < -0.39 is 0 Å². The molecule has 1 saturated heterocycles. The maximum atomic E-state index is 12.0. The van der Waals surface area contributed by atoms with E-state index in [9.17, 15) is 4.79 Å². The van der Waals surface area contributed by atoms with Gasteiger partial charge in [-0.3, -0.25) is 9.69 Å². The van der Waals surface area contributed by atoms with Crippen LogP contribution in [-0.4, -0.2) is 37.0 Å². The van der Waals surface area contributed by atoms with Gasteiger partial charge in [0.25, 0.3) is 0 Å². The van der Waals surface area contributed by atoms with E-state index in [1.54, 1.807) is 0 Å². The summed E-state index contributed by atoms with van der Waals surface area (Å²) in [5.41, 5.74) is 6.74. The Balaban J connectivity index is 1.86. The number of hydrogen-bond acceptors (Lipinski definition) is 3. The zero-order chi connectivity index (χ0) is 14.4. The lowest BCUT2D eigenvalue weighted by atomic mass is 9.96. The van der Waals surface area contributed by atoms with Crippen LogP contribution in [0.2, 0.25) is 0 Å². The van der Waals surface area contributed by atoms with Gasteiger partial charge >= 0.3 is 0 Å². The third-order valence-electron chi connectivity index (χ3n) is 3.64. The SMILES string of the molecule is NCCNC(=O)C1CCCN(Cc2ccc(I)cc2)C1. The van der Waals surface area contributed by atoms with Crippen LogP contribution in [0.25, 0.3) is 0 Å². The number of carbonyl (C=O) groups is 1. The van der Waals surface area contributed by atoms with Gasteiger partial charge in [-0.15, -0.1) is 0 Å². The Bertz CT molecular complexity index is 435. The molecule has 110 valence electrons. The van der Waals surface area contributed by atoms with E-state index in [4.69, 9.17) is 5.73 Å². The Kier molecular flexibility index (Phi) is 6.25. The second-order valence-electron chi connectivity index (χ2n) is 5.28. The quantitative estimate of drug-likeness (QED) is 0.755. The predicted octanol–water partition coefficient (Wildman–Crippen LogP) is 1.58. The van der Waals surface area contributed by atoms with Crippen molar-refractivity contribution in [1.82, 2.24) is 10.2 Å². The van der Waals surface area contributed by atoms with E-state index in [0.29, 0.717) is 13.1 Å². The van der Waals surface area contributed by atoms with Crippen LogP contribution in [0.15, 0.2) is 24.3 Å². The Labute approximate surface area is 134 Å². The van der Waals surface area contributed by atoms with Crippen molar-refractivity contribution in [2.75, 3.05) is 26.2 Å². The van der Waals surface area contributed by atoms with Crippen LogP contribution in [0.5, 0.6) is 0 Å². The van der Waals surface area contributed by atoms with Crippen LogP contribution in [-0.2, 0) is 11.3 Å². The Morgan fingerprint density at radius 1 is 1.40 bits per heavy atom. The zero-order valence-corrected chi connectivity index (χ0v) is 13.8. The van der Waals surface area contributed by atoms with Crippen LogP contribution in [0, 0.1) is 9.49 Å². The molecule has 0 spiro atoms. The molecule has 0 aromatic heterocycles. The summed E-state index contributed by atoms with van der Waals surface area (Å²) in [6.45, 7) is 3.93. The molecule has 1 heterocycles. The van der Waals surface area contributed by atoms with Crippen molar-refractivity contribution < 1.29 is 4.79 Å². The zero-order valence-electron chi connectivity index (χ0n) is 11.6. The Morgan fingerprint density at radius 2 is 2.15 bits per heavy atom. The van der Waals surface area contributed by atoms with Gasteiger partial charge in [0.15, 0.2) is 0 Å². The van der Waals surface area contributed by atoms with Crippen molar-refractivity contribution >= 4 is 28.5 Å². The molecular formula is C15H22IN3O. The van der Waals surface area contributed by atoms with E-state index >= 15 is 0 Å². The average molecular weight is 387 g/mol. The molecule has 1 aliphatic heterocycles. The fraction of sp³-hybridized carbons (Fsp3) is 0.533. The molecule has 1 aromatic rings. The summed E-state index contributed by atoms with van der Waals surface area (Å²) < 4.78 is 1.25. The highest BCUT2D eigenvalue weighted by atomic mass is 127. The first-order valence-electron chi connectivity index (χ1n) is 7.13. The highest BCUT2D eigenvalue weighted by molar-refractivity contribution is 14.1. The molecular weight excluding hydrogens is 365 g/mol. The van der Waals surface area contributed by atoms with Crippen LogP contribution in [0.1, 0.15) is 18.4 Å².